The fourth-order valence-corrected chi connectivity index (χ4v) is 1.97. The minimum Gasteiger partial charge on any atom is -0.484 e. The number of rotatable bonds is 5. The van der Waals surface area contributed by atoms with Gasteiger partial charge in [0.2, 0.25) is 0 Å². The number of nitrogens with one attached hydrogen (secondary N) is 2. The van der Waals surface area contributed by atoms with Gasteiger partial charge in [0, 0.05) is 18.9 Å². The molecule has 0 saturated carbocycles. The average Bonchev–Trinajstić information content (AvgIpc) is 2.48. The number of hydrogen-bond donors (Lipinski definition) is 2. The van der Waals surface area contributed by atoms with Gasteiger partial charge < -0.3 is 15.4 Å². The lowest BCUT2D eigenvalue weighted by atomic mass is 10.3. The third-order valence-corrected chi connectivity index (χ3v) is 3.07. The number of anilines is 2. The number of amides is 1. The van der Waals surface area contributed by atoms with E-state index in [1.54, 1.807) is 12.1 Å². The van der Waals surface area contributed by atoms with E-state index in [0.29, 0.717) is 10.8 Å². The van der Waals surface area contributed by atoms with Gasteiger partial charge in [0.25, 0.3) is 5.91 Å². The molecule has 0 saturated heterocycles. The van der Waals surface area contributed by atoms with E-state index in [1.165, 1.54) is 12.3 Å². The molecule has 0 fully saturated rings. The van der Waals surface area contributed by atoms with E-state index in [9.17, 15) is 4.79 Å². The first-order valence-electron chi connectivity index (χ1n) is 6.10. The van der Waals surface area contributed by atoms with Crippen LogP contribution in [0.5, 0.6) is 5.75 Å². The van der Waals surface area contributed by atoms with Crippen LogP contribution in [-0.4, -0.2) is 24.5 Å². The predicted molar refractivity (Wildman–Crippen MR) is 84.4 cm³/mol. The zero-order valence-electron chi connectivity index (χ0n) is 11.2. The topological polar surface area (TPSA) is 63.2 Å². The second kappa shape index (κ2) is 7.15. The van der Waals surface area contributed by atoms with Gasteiger partial charge in [-0.05, 0) is 30.3 Å². The molecular formula is C14H13Cl2N3O2. The van der Waals surface area contributed by atoms with Gasteiger partial charge in [0.05, 0.1) is 10.0 Å². The first-order valence-corrected chi connectivity index (χ1v) is 6.85. The molecule has 0 unspecified atom stereocenters. The van der Waals surface area contributed by atoms with Crippen molar-refractivity contribution >= 4 is 40.6 Å². The van der Waals surface area contributed by atoms with Crippen LogP contribution in [-0.2, 0) is 4.79 Å². The molecule has 0 bridgehead atoms. The van der Waals surface area contributed by atoms with E-state index in [-0.39, 0.29) is 23.4 Å². The zero-order valence-corrected chi connectivity index (χ0v) is 12.7. The van der Waals surface area contributed by atoms with Crippen LogP contribution in [0.15, 0.2) is 36.5 Å². The van der Waals surface area contributed by atoms with Crippen molar-refractivity contribution in [3.63, 3.8) is 0 Å². The monoisotopic (exact) mass is 325 g/mol. The minimum atomic E-state index is -0.357. The molecule has 0 atom stereocenters. The highest BCUT2D eigenvalue weighted by atomic mass is 35.5. The number of pyridine rings is 1. The summed E-state index contributed by atoms with van der Waals surface area (Å²) in [6, 6.07) is 8.75. The molecule has 0 radical (unpaired) electrons. The lowest BCUT2D eigenvalue weighted by molar-refractivity contribution is -0.118. The summed E-state index contributed by atoms with van der Waals surface area (Å²) in [7, 11) is 1.83. The smallest absolute Gasteiger partial charge is 0.263 e. The van der Waals surface area contributed by atoms with Crippen molar-refractivity contribution in [3.8, 4) is 5.75 Å². The molecule has 0 spiro atoms. The summed E-state index contributed by atoms with van der Waals surface area (Å²) in [6.07, 6.45) is 1.40. The van der Waals surface area contributed by atoms with Crippen molar-refractivity contribution in [2.45, 2.75) is 0 Å². The number of benzene rings is 1. The summed E-state index contributed by atoms with van der Waals surface area (Å²) in [5, 5.41) is 6.22. The number of carbonyl (C=O) groups is 1. The fraction of sp³-hybridized carbons (Fsp3) is 0.143. The third kappa shape index (κ3) is 4.51. The Kier molecular flexibility index (Phi) is 5.25. The Morgan fingerprint density at radius 3 is 2.62 bits per heavy atom. The van der Waals surface area contributed by atoms with Crippen LogP contribution in [0.2, 0.25) is 10.0 Å². The van der Waals surface area contributed by atoms with Gasteiger partial charge in [-0.2, -0.15) is 0 Å². The molecule has 5 nitrogen and oxygen atoms in total. The summed E-state index contributed by atoms with van der Waals surface area (Å²) in [5.41, 5.74) is 0.962. The molecule has 1 aromatic heterocycles. The number of halogens is 2. The second-order valence-corrected chi connectivity index (χ2v) is 4.94. The average molecular weight is 326 g/mol. The van der Waals surface area contributed by atoms with Crippen molar-refractivity contribution in [2.24, 2.45) is 0 Å². The van der Waals surface area contributed by atoms with Gasteiger partial charge in [0.1, 0.15) is 5.75 Å². The minimum absolute atomic E-state index is 0.139. The van der Waals surface area contributed by atoms with Crippen molar-refractivity contribution in [1.29, 1.82) is 0 Å². The van der Waals surface area contributed by atoms with Gasteiger partial charge >= 0.3 is 0 Å². The van der Waals surface area contributed by atoms with Crippen LogP contribution in [0, 0.1) is 0 Å². The standard InChI is InChI=1S/C14H13Cl2N3O2/c1-17-10-2-4-11(5-3-10)21-8-13(20)19-14-12(16)6-9(15)7-18-14/h2-7,17H,8H2,1H3,(H,18,19,20). The summed E-state index contributed by atoms with van der Waals surface area (Å²) < 4.78 is 5.37. The first kappa shape index (κ1) is 15.4. The van der Waals surface area contributed by atoms with E-state index < -0.39 is 0 Å². The van der Waals surface area contributed by atoms with Crippen LogP contribution in [0.1, 0.15) is 0 Å². The van der Waals surface area contributed by atoms with Crippen molar-refractivity contribution in [1.82, 2.24) is 4.98 Å². The summed E-state index contributed by atoms with van der Waals surface area (Å²) in [4.78, 5) is 15.7. The molecule has 1 aromatic carbocycles. The molecule has 0 aliphatic heterocycles. The molecule has 7 heteroatoms. The number of ether oxygens (including phenoxy) is 1. The van der Waals surface area contributed by atoms with Crippen molar-refractivity contribution in [3.05, 3.63) is 46.6 Å². The van der Waals surface area contributed by atoms with Gasteiger partial charge in [0.15, 0.2) is 12.4 Å². The highest BCUT2D eigenvalue weighted by Gasteiger charge is 2.08. The van der Waals surface area contributed by atoms with E-state index in [0.717, 1.165) is 5.69 Å². The van der Waals surface area contributed by atoms with Crippen LogP contribution < -0.4 is 15.4 Å². The molecule has 2 rings (SSSR count). The number of aromatic nitrogens is 1. The molecule has 21 heavy (non-hydrogen) atoms. The SMILES string of the molecule is CNc1ccc(OCC(=O)Nc2ncc(Cl)cc2Cl)cc1. The molecule has 110 valence electrons. The largest absolute Gasteiger partial charge is 0.484 e. The maximum Gasteiger partial charge on any atom is 0.263 e. The zero-order chi connectivity index (χ0) is 15.2. The van der Waals surface area contributed by atoms with Crippen LogP contribution in [0.25, 0.3) is 0 Å². The molecule has 0 aliphatic rings. The Bertz CT molecular complexity index is 633. The van der Waals surface area contributed by atoms with E-state index in [2.05, 4.69) is 15.6 Å². The van der Waals surface area contributed by atoms with Crippen LogP contribution >= 0.6 is 23.2 Å². The van der Waals surface area contributed by atoms with Gasteiger partial charge in [-0.3, -0.25) is 4.79 Å². The van der Waals surface area contributed by atoms with Crippen LogP contribution in [0.3, 0.4) is 0 Å². The normalized spacial score (nSPS) is 10.0. The molecule has 2 aromatic rings. The number of carbonyl (C=O) groups excluding carboxylic acids is 1. The molecule has 1 heterocycles. The van der Waals surface area contributed by atoms with Crippen molar-refractivity contribution in [2.75, 3.05) is 24.3 Å². The first-order chi connectivity index (χ1) is 10.1. The Balaban J connectivity index is 1.89. The van der Waals surface area contributed by atoms with Gasteiger partial charge in [-0.1, -0.05) is 23.2 Å². The van der Waals surface area contributed by atoms with Gasteiger partial charge in [-0.25, -0.2) is 4.98 Å². The van der Waals surface area contributed by atoms with E-state index >= 15 is 0 Å². The fourth-order valence-electron chi connectivity index (χ4n) is 1.54. The lowest BCUT2D eigenvalue weighted by Gasteiger charge is -2.08. The maximum atomic E-state index is 11.8. The Labute approximate surface area is 132 Å². The highest BCUT2D eigenvalue weighted by molar-refractivity contribution is 6.36. The van der Waals surface area contributed by atoms with E-state index in [4.69, 9.17) is 27.9 Å². The number of hydrogen-bond acceptors (Lipinski definition) is 4. The molecular weight excluding hydrogens is 313 g/mol. The Morgan fingerprint density at radius 2 is 2.00 bits per heavy atom. The third-order valence-electron chi connectivity index (χ3n) is 2.58. The van der Waals surface area contributed by atoms with Crippen LogP contribution in [0.4, 0.5) is 11.5 Å². The predicted octanol–water partition coefficient (Wildman–Crippen LogP) is 3.45. The summed E-state index contributed by atoms with van der Waals surface area (Å²) in [6.45, 7) is -0.139. The summed E-state index contributed by atoms with van der Waals surface area (Å²) in [5.74, 6) is 0.490. The summed E-state index contributed by atoms with van der Waals surface area (Å²) >= 11 is 11.6. The number of nitrogens with zero attached hydrogens (tertiary/aromatic N) is 1. The molecule has 2 N–H and O–H groups in total. The lowest BCUT2D eigenvalue weighted by Crippen LogP contribution is -2.21. The Hall–Kier alpha value is -1.98. The Morgan fingerprint density at radius 1 is 1.29 bits per heavy atom. The maximum absolute atomic E-state index is 11.8. The molecule has 0 aliphatic carbocycles. The van der Waals surface area contributed by atoms with E-state index in [1.807, 2.05) is 19.2 Å². The van der Waals surface area contributed by atoms with Crippen molar-refractivity contribution < 1.29 is 9.53 Å². The van der Waals surface area contributed by atoms with Gasteiger partial charge in [-0.15, -0.1) is 0 Å². The molecule has 1 amide bonds. The second-order valence-electron chi connectivity index (χ2n) is 4.10. The quantitative estimate of drug-likeness (QED) is 0.883. The highest BCUT2D eigenvalue weighted by Crippen LogP contribution is 2.22.